The second kappa shape index (κ2) is 16.3. The molecule has 10 aromatic carbocycles. The number of halogens is 2. The highest BCUT2D eigenvalue weighted by molar-refractivity contribution is 7.25. The quantitative estimate of drug-likeness (QED) is 0.144. The smallest absolute Gasteiger partial charge is 0.214 e. The van der Waals surface area contributed by atoms with Crippen LogP contribution in [0.15, 0.2) is 241 Å². The Labute approximate surface area is 411 Å². The lowest BCUT2D eigenvalue weighted by atomic mass is 9.99. The Balaban J connectivity index is 0.957. The molecule has 336 valence electrons. The number of rotatable bonds is 9. The molecular formula is C64H39F2N3OS. The molecule has 14 rings (SSSR count). The van der Waals surface area contributed by atoms with Gasteiger partial charge in [0.2, 0.25) is 5.71 Å². The fraction of sp³-hybridized carbons (Fsp3) is 0. The van der Waals surface area contributed by atoms with E-state index in [0.29, 0.717) is 5.69 Å². The van der Waals surface area contributed by atoms with Gasteiger partial charge in [-0.25, -0.2) is 8.78 Å². The molecule has 14 aromatic rings. The van der Waals surface area contributed by atoms with Crippen molar-refractivity contribution < 1.29 is 13.2 Å². The standard InChI is InChI=1S/C64H39F2N3OS/c65-46-18-10-20-50(36-46)67(48-26-22-43(23-27-48)40-12-4-1-5-13-40)52-30-32-54-58(38-52)70-63-60(54)56-34-45(42-16-8-3-9-17-42)35-57-61-55-33-31-53(39-59(55)71-64(61)69(63)62(56)57)68(51-21-11-19-47(66)37-51)49-28-24-44(25-29-49)41-14-6-2-7-15-41/h1-39H. The molecule has 0 amide bonds. The molecule has 7 heteroatoms. The first-order chi connectivity index (χ1) is 35.0. The molecule has 0 aliphatic carbocycles. The number of thiophene rings is 1. The van der Waals surface area contributed by atoms with Gasteiger partial charge in [-0.3, -0.25) is 4.40 Å². The van der Waals surface area contributed by atoms with E-state index in [1.54, 1.807) is 35.6 Å². The van der Waals surface area contributed by atoms with Crippen LogP contribution in [-0.4, -0.2) is 4.40 Å². The van der Waals surface area contributed by atoms with Gasteiger partial charge in [-0.15, -0.1) is 11.3 Å². The molecule has 0 spiro atoms. The first-order valence-corrected chi connectivity index (χ1v) is 24.4. The zero-order valence-electron chi connectivity index (χ0n) is 37.9. The molecule has 0 radical (unpaired) electrons. The fourth-order valence-electron chi connectivity index (χ4n) is 10.6. The van der Waals surface area contributed by atoms with Crippen LogP contribution in [-0.2, 0) is 0 Å². The van der Waals surface area contributed by atoms with Crippen LogP contribution in [0.1, 0.15) is 0 Å². The lowest BCUT2D eigenvalue weighted by Crippen LogP contribution is -2.10. The van der Waals surface area contributed by atoms with Crippen molar-refractivity contribution in [1.82, 2.24) is 4.40 Å². The lowest BCUT2D eigenvalue weighted by Gasteiger charge is -2.26. The van der Waals surface area contributed by atoms with Crippen molar-refractivity contribution in [1.29, 1.82) is 0 Å². The molecule has 0 unspecified atom stereocenters. The molecule has 0 aliphatic heterocycles. The van der Waals surface area contributed by atoms with E-state index in [9.17, 15) is 0 Å². The van der Waals surface area contributed by atoms with Gasteiger partial charge < -0.3 is 14.2 Å². The Morgan fingerprint density at radius 3 is 1.34 bits per heavy atom. The van der Waals surface area contributed by atoms with Crippen molar-refractivity contribution in [3.63, 3.8) is 0 Å². The topological polar surface area (TPSA) is 24.0 Å². The first kappa shape index (κ1) is 41.0. The van der Waals surface area contributed by atoms with Gasteiger partial charge in [0.25, 0.3) is 0 Å². The molecule has 4 aromatic heterocycles. The van der Waals surface area contributed by atoms with Gasteiger partial charge in [0.15, 0.2) is 0 Å². The fourth-order valence-corrected chi connectivity index (χ4v) is 11.9. The van der Waals surface area contributed by atoms with Crippen LogP contribution >= 0.6 is 11.3 Å². The van der Waals surface area contributed by atoms with E-state index in [1.807, 2.05) is 48.5 Å². The van der Waals surface area contributed by atoms with E-state index in [2.05, 4.69) is 166 Å². The monoisotopic (exact) mass is 935 g/mol. The molecule has 0 saturated carbocycles. The van der Waals surface area contributed by atoms with Crippen LogP contribution in [0.4, 0.5) is 42.9 Å². The summed E-state index contributed by atoms with van der Waals surface area (Å²) in [7, 11) is 0. The third kappa shape index (κ3) is 6.77. The maximum Gasteiger partial charge on any atom is 0.214 e. The Morgan fingerprint density at radius 1 is 0.352 bits per heavy atom. The second-order valence-electron chi connectivity index (χ2n) is 18.0. The summed E-state index contributed by atoms with van der Waals surface area (Å²) in [5, 5.41) is 6.62. The third-order valence-electron chi connectivity index (χ3n) is 13.8. The minimum absolute atomic E-state index is 0.298. The van der Waals surface area contributed by atoms with Crippen molar-refractivity contribution in [2.45, 2.75) is 0 Å². The van der Waals surface area contributed by atoms with Crippen molar-refractivity contribution in [2.75, 3.05) is 9.80 Å². The molecule has 4 heterocycles. The van der Waals surface area contributed by atoms with Crippen LogP contribution < -0.4 is 9.80 Å². The molecule has 4 nitrogen and oxygen atoms in total. The maximum absolute atomic E-state index is 15.0. The summed E-state index contributed by atoms with van der Waals surface area (Å²) in [4.78, 5) is 5.28. The largest absolute Gasteiger partial charge is 0.439 e. The van der Waals surface area contributed by atoms with Crippen LogP contribution in [0, 0.1) is 11.6 Å². The third-order valence-corrected chi connectivity index (χ3v) is 14.9. The predicted octanol–water partition coefficient (Wildman–Crippen LogP) is 19.0. The molecule has 0 N–H and O–H groups in total. The number of benzene rings is 10. The van der Waals surface area contributed by atoms with Crippen molar-refractivity contribution in [3.8, 4) is 33.4 Å². The molecule has 71 heavy (non-hydrogen) atoms. The number of nitrogens with zero attached hydrogens (tertiary/aromatic N) is 3. The number of anilines is 6. The van der Waals surface area contributed by atoms with Crippen LogP contribution in [0.2, 0.25) is 0 Å². The van der Waals surface area contributed by atoms with Gasteiger partial charge in [0.05, 0.1) is 10.9 Å². The average molecular weight is 936 g/mol. The summed E-state index contributed by atoms with van der Waals surface area (Å²) in [5.41, 5.74) is 14.4. The molecule has 0 saturated heterocycles. The van der Waals surface area contributed by atoms with E-state index < -0.39 is 0 Å². The minimum Gasteiger partial charge on any atom is -0.439 e. The summed E-state index contributed by atoms with van der Waals surface area (Å²) >= 11 is 1.73. The van der Waals surface area contributed by atoms with Gasteiger partial charge in [-0.1, -0.05) is 133 Å². The van der Waals surface area contributed by atoms with Crippen molar-refractivity contribution in [2.24, 2.45) is 0 Å². The molecule has 0 aliphatic rings. The Kier molecular flexibility index (Phi) is 9.41. The van der Waals surface area contributed by atoms with E-state index >= 15 is 8.78 Å². The van der Waals surface area contributed by atoms with Gasteiger partial charge in [0, 0.05) is 71.8 Å². The molecule has 0 fully saturated rings. The number of furan rings is 1. The number of hydrogen-bond donors (Lipinski definition) is 0. The van der Waals surface area contributed by atoms with Gasteiger partial charge in [0.1, 0.15) is 22.0 Å². The lowest BCUT2D eigenvalue weighted by molar-refractivity contribution is 0.627. The summed E-state index contributed by atoms with van der Waals surface area (Å²) < 4.78 is 40.6. The van der Waals surface area contributed by atoms with Crippen LogP contribution in [0.5, 0.6) is 0 Å². The highest BCUT2D eigenvalue weighted by Gasteiger charge is 2.27. The molecule has 0 atom stereocenters. The zero-order chi connectivity index (χ0) is 47.2. The Morgan fingerprint density at radius 2 is 0.803 bits per heavy atom. The highest BCUT2D eigenvalue weighted by Crippen LogP contribution is 2.51. The first-order valence-electron chi connectivity index (χ1n) is 23.6. The second-order valence-corrected chi connectivity index (χ2v) is 19.0. The summed E-state index contributed by atoms with van der Waals surface area (Å²) in [6.45, 7) is 0. The van der Waals surface area contributed by atoms with E-state index in [4.69, 9.17) is 4.42 Å². The van der Waals surface area contributed by atoms with Crippen molar-refractivity contribution in [3.05, 3.63) is 248 Å². The van der Waals surface area contributed by atoms with Gasteiger partial charge in [-0.05, 0) is 130 Å². The summed E-state index contributed by atoms with van der Waals surface area (Å²) in [5.74, 6) is -0.610. The number of aromatic nitrogens is 1. The number of hydrogen-bond acceptors (Lipinski definition) is 4. The minimum atomic E-state index is -0.312. The summed E-state index contributed by atoms with van der Waals surface area (Å²) in [6.07, 6.45) is 0. The SMILES string of the molecule is Fc1cccc(N(c2ccc(-c3ccccc3)cc2)c2ccc3c(c2)oc2c3c3cc(-c4ccccc4)cc4c5c6ccc(N(c7ccc(-c8ccccc8)cc7)c7cccc(F)c7)cc6sc5n2c34)c1. The van der Waals surface area contributed by atoms with E-state index in [-0.39, 0.29) is 11.6 Å². The maximum atomic E-state index is 15.0. The Bertz CT molecular complexity index is 4040. The summed E-state index contributed by atoms with van der Waals surface area (Å²) in [6, 6.07) is 79.0. The van der Waals surface area contributed by atoms with Crippen LogP contribution in [0.25, 0.3) is 92.0 Å². The molecular weight excluding hydrogens is 897 g/mol. The van der Waals surface area contributed by atoms with E-state index in [0.717, 1.165) is 120 Å². The normalized spacial score (nSPS) is 11.8. The average Bonchev–Trinajstić information content (AvgIpc) is 4.15. The van der Waals surface area contributed by atoms with Gasteiger partial charge >= 0.3 is 0 Å². The Hall–Kier alpha value is -9.04. The molecule has 0 bridgehead atoms. The highest BCUT2D eigenvalue weighted by atomic mass is 32.1. The van der Waals surface area contributed by atoms with Crippen LogP contribution in [0.3, 0.4) is 0 Å². The number of fused-ring (bicyclic) bond motifs is 10. The van der Waals surface area contributed by atoms with Gasteiger partial charge in [-0.2, -0.15) is 0 Å². The zero-order valence-corrected chi connectivity index (χ0v) is 38.7. The van der Waals surface area contributed by atoms with E-state index in [1.165, 1.54) is 12.1 Å². The van der Waals surface area contributed by atoms with Crippen molar-refractivity contribution >= 4 is 104 Å². The predicted molar refractivity (Wildman–Crippen MR) is 292 cm³/mol.